The molecule has 1 heterocycles. The number of aromatic nitrogens is 3. The highest BCUT2D eigenvalue weighted by Crippen LogP contribution is 2.34. The van der Waals surface area contributed by atoms with Crippen molar-refractivity contribution < 1.29 is 9.50 Å². The Morgan fingerprint density at radius 1 is 1.38 bits per heavy atom. The molecule has 1 aromatic carbocycles. The summed E-state index contributed by atoms with van der Waals surface area (Å²) in [6, 6.07) is 2.94. The van der Waals surface area contributed by atoms with Gasteiger partial charge in [-0.25, -0.2) is 14.3 Å². The van der Waals surface area contributed by atoms with Gasteiger partial charge in [-0.1, -0.05) is 0 Å². The first-order chi connectivity index (χ1) is 9.81. The van der Waals surface area contributed by atoms with Gasteiger partial charge in [0.1, 0.15) is 5.82 Å². The van der Waals surface area contributed by atoms with Crippen LogP contribution in [0.4, 0.5) is 4.39 Å². The molecule has 0 fully saturated rings. The van der Waals surface area contributed by atoms with Crippen molar-refractivity contribution in [1.29, 1.82) is 0 Å². The summed E-state index contributed by atoms with van der Waals surface area (Å²) >= 11 is 1.24. The minimum Gasteiger partial charge on any atom is -0.389 e. The molecule has 2 rings (SSSR count). The van der Waals surface area contributed by atoms with Crippen LogP contribution in [0.5, 0.6) is 0 Å². The van der Waals surface area contributed by atoms with Crippen LogP contribution in [-0.4, -0.2) is 19.9 Å². The zero-order valence-electron chi connectivity index (χ0n) is 12.3. The highest BCUT2D eigenvalue weighted by atomic mass is 32.2. The zero-order valence-corrected chi connectivity index (χ0v) is 13.2. The van der Waals surface area contributed by atoms with Crippen LogP contribution in [0.2, 0.25) is 0 Å². The lowest BCUT2D eigenvalue weighted by Crippen LogP contribution is -2.19. The number of benzene rings is 1. The third kappa shape index (κ3) is 3.19. The summed E-state index contributed by atoms with van der Waals surface area (Å²) in [5.74, 6) is -0.362. The van der Waals surface area contributed by atoms with Crippen molar-refractivity contribution in [3.63, 3.8) is 0 Å². The maximum absolute atomic E-state index is 13.7. The summed E-state index contributed by atoms with van der Waals surface area (Å²) < 4.78 is 15.2. The quantitative estimate of drug-likeness (QED) is 0.911. The van der Waals surface area contributed by atoms with E-state index in [-0.39, 0.29) is 17.5 Å². The van der Waals surface area contributed by atoms with Crippen LogP contribution in [0.1, 0.15) is 44.0 Å². The van der Waals surface area contributed by atoms with Crippen LogP contribution >= 0.6 is 11.8 Å². The van der Waals surface area contributed by atoms with Gasteiger partial charge in [0.15, 0.2) is 5.16 Å². The van der Waals surface area contributed by atoms with E-state index in [1.807, 2.05) is 13.8 Å². The van der Waals surface area contributed by atoms with E-state index in [4.69, 9.17) is 0 Å². The van der Waals surface area contributed by atoms with E-state index in [0.717, 1.165) is 0 Å². The Labute approximate surface area is 126 Å². The Hall–Kier alpha value is -1.60. The van der Waals surface area contributed by atoms with Crippen molar-refractivity contribution in [2.75, 3.05) is 0 Å². The van der Waals surface area contributed by atoms with Crippen LogP contribution in [0.15, 0.2) is 27.0 Å². The molecule has 0 radical (unpaired) electrons. The van der Waals surface area contributed by atoms with Gasteiger partial charge in [-0.15, -0.1) is 5.10 Å². The number of aliphatic hydroxyl groups is 1. The number of rotatable bonds is 4. The number of aryl methyl sites for hydroxylation is 1. The van der Waals surface area contributed by atoms with Crippen LogP contribution in [0.25, 0.3) is 0 Å². The lowest BCUT2D eigenvalue weighted by molar-refractivity contribution is 0.196. The van der Waals surface area contributed by atoms with E-state index in [0.29, 0.717) is 21.2 Å². The number of nitrogens with one attached hydrogen (secondary N) is 1. The minimum absolute atomic E-state index is 0.0460. The second-order valence-corrected chi connectivity index (χ2v) is 6.20. The summed E-state index contributed by atoms with van der Waals surface area (Å²) in [4.78, 5) is 12.4. The molecule has 2 aromatic rings. The largest absolute Gasteiger partial charge is 0.389 e. The van der Waals surface area contributed by atoms with Crippen LogP contribution in [-0.2, 0) is 0 Å². The van der Waals surface area contributed by atoms with E-state index < -0.39 is 6.10 Å². The predicted molar refractivity (Wildman–Crippen MR) is 79.1 cm³/mol. The average molecular weight is 311 g/mol. The standard InChI is InChI=1S/C14H18FN3O2S/c1-7(2)18-13(20)16-17-14(18)21-12-5-8(3)11(15)6-10(12)9(4)19/h5-7,9,19H,1-4H3,(H,16,20). The molecule has 1 aromatic heterocycles. The van der Waals surface area contributed by atoms with Gasteiger partial charge in [-0.2, -0.15) is 0 Å². The van der Waals surface area contributed by atoms with Gasteiger partial charge in [0, 0.05) is 10.9 Å². The van der Waals surface area contributed by atoms with Crippen LogP contribution in [0.3, 0.4) is 0 Å². The van der Waals surface area contributed by atoms with Gasteiger partial charge in [0.05, 0.1) is 6.10 Å². The second kappa shape index (κ2) is 6.03. The van der Waals surface area contributed by atoms with Crippen molar-refractivity contribution in [3.05, 3.63) is 39.6 Å². The van der Waals surface area contributed by atoms with Gasteiger partial charge >= 0.3 is 5.69 Å². The minimum atomic E-state index is -0.805. The highest BCUT2D eigenvalue weighted by molar-refractivity contribution is 7.99. The van der Waals surface area contributed by atoms with Crippen molar-refractivity contribution >= 4 is 11.8 Å². The summed E-state index contributed by atoms with van der Waals surface area (Å²) in [5.41, 5.74) is 0.676. The van der Waals surface area contributed by atoms with Crippen LogP contribution in [0, 0.1) is 12.7 Å². The topological polar surface area (TPSA) is 70.9 Å². The molecule has 0 saturated carbocycles. The van der Waals surface area contributed by atoms with E-state index in [1.54, 1.807) is 19.9 Å². The molecule has 5 nitrogen and oxygen atoms in total. The Balaban J connectivity index is 2.49. The number of aliphatic hydroxyl groups excluding tert-OH is 1. The highest BCUT2D eigenvalue weighted by Gasteiger charge is 2.17. The van der Waals surface area contributed by atoms with E-state index in [1.165, 1.54) is 22.4 Å². The lowest BCUT2D eigenvalue weighted by Gasteiger charge is -2.14. The summed E-state index contributed by atoms with van der Waals surface area (Å²) in [7, 11) is 0. The Morgan fingerprint density at radius 2 is 2.05 bits per heavy atom. The molecule has 0 aliphatic rings. The van der Waals surface area contributed by atoms with Gasteiger partial charge < -0.3 is 5.11 Å². The third-order valence-electron chi connectivity index (χ3n) is 3.13. The number of aromatic amines is 1. The first-order valence-electron chi connectivity index (χ1n) is 6.64. The first-order valence-corrected chi connectivity index (χ1v) is 7.45. The lowest BCUT2D eigenvalue weighted by atomic mass is 10.1. The van der Waals surface area contributed by atoms with E-state index in [9.17, 15) is 14.3 Å². The van der Waals surface area contributed by atoms with Gasteiger partial charge in [0.25, 0.3) is 0 Å². The van der Waals surface area contributed by atoms with Crippen molar-refractivity contribution in [3.8, 4) is 0 Å². The Bertz CT molecular complexity index is 707. The summed E-state index contributed by atoms with van der Waals surface area (Å²) in [5, 5.41) is 16.7. The normalized spacial score (nSPS) is 12.9. The molecule has 1 unspecified atom stereocenters. The fraction of sp³-hybridized carbons (Fsp3) is 0.429. The monoisotopic (exact) mass is 311 g/mol. The van der Waals surface area contributed by atoms with Crippen molar-refractivity contribution in [2.45, 2.75) is 49.9 Å². The molecule has 7 heteroatoms. The van der Waals surface area contributed by atoms with E-state index >= 15 is 0 Å². The van der Waals surface area contributed by atoms with Gasteiger partial charge in [-0.3, -0.25) is 4.57 Å². The Kier molecular flexibility index (Phi) is 4.53. The zero-order chi connectivity index (χ0) is 15.7. The predicted octanol–water partition coefficient (Wildman–Crippen LogP) is 2.80. The number of halogens is 1. The van der Waals surface area contributed by atoms with Gasteiger partial charge in [0.2, 0.25) is 0 Å². The molecule has 114 valence electrons. The smallest absolute Gasteiger partial charge is 0.344 e. The third-order valence-corrected chi connectivity index (χ3v) is 4.17. The van der Waals surface area contributed by atoms with Crippen LogP contribution < -0.4 is 5.69 Å². The van der Waals surface area contributed by atoms with Crippen molar-refractivity contribution in [2.24, 2.45) is 0 Å². The maximum atomic E-state index is 13.7. The number of hydrogen-bond acceptors (Lipinski definition) is 4. The molecular weight excluding hydrogens is 293 g/mol. The molecule has 0 bridgehead atoms. The molecule has 0 aliphatic heterocycles. The molecule has 0 aliphatic carbocycles. The molecule has 1 atom stereocenters. The molecule has 21 heavy (non-hydrogen) atoms. The number of nitrogens with zero attached hydrogens (tertiary/aromatic N) is 2. The second-order valence-electron chi connectivity index (χ2n) is 5.19. The van der Waals surface area contributed by atoms with Crippen molar-refractivity contribution in [1.82, 2.24) is 14.8 Å². The fourth-order valence-electron chi connectivity index (χ4n) is 2.00. The fourth-order valence-corrected chi connectivity index (χ4v) is 3.26. The molecule has 0 saturated heterocycles. The number of hydrogen-bond donors (Lipinski definition) is 2. The molecule has 2 N–H and O–H groups in total. The molecule has 0 amide bonds. The summed E-state index contributed by atoms with van der Waals surface area (Å²) in [6.45, 7) is 7.00. The maximum Gasteiger partial charge on any atom is 0.344 e. The van der Waals surface area contributed by atoms with Gasteiger partial charge in [-0.05, 0) is 62.7 Å². The number of H-pyrrole nitrogens is 1. The Morgan fingerprint density at radius 3 is 2.62 bits per heavy atom. The summed E-state index contributed by atoms with van der Waals surface area (Å²) in [6.07, 6.45) is -0.805. The average Bonchev–Trinajstić information content (AvgIpc) is 2.74. The molecular formula is C14H18FN3O2S. The van der Waals surface area contributed by atoms with E-state index in [2.05, 4.69) is 10.2 Å². The molecule has 0 spiro atoms. The SMILES string of the molecule is Cc1cc(Sc2n[nH]c(=O)n2C(C)C)c(C(C)O)cc1F. The first kappa shape index (κ1) is 15.8.